The van der Waals surface area contributed by atoms with Gasteiger partial charge in [0.2, 0.25) is 5.91 Å². The van der Waals surface area contributed by atoms with Crippen LogP contribution in [0.15, 0.2) is 28.2 Å². The van der Waals surface area contributed by atoms with Crippen LogP contribution in [0.2, 0.25) is 0 Å². The number of nitrogens with one attached hydrogen (secondary N) is 1. The van der Waals surface area contributed by atoms with Gasteiger partial charge in [0.05, 0.1) is 31.8 Å². The second-order valence-electron chi connectivity index (χ2n) is 5.75. The fraction of sp³-hybridized carbons (Fsp3) is 0.389. The number of thiocarbonyl (C=S) groups is 1. The number of morpholine rings is 1. The van der Waals surface area contributed by atoms with Gasteiger partial charge in [-0.25, -0.2) is 4.79 Å². The van der Waals surface area contributed by atoms with Gasteiger partial charge in [0.25, 0.3) is 0 Å². The molecule has 28 heavy (non-hydrogen) atoms. The van der Waals surface area contributed by atoms with Gasteiger partial charge in [0.15, 0.2) is 0 Å². The zero-order valence-corrected chi connectivity index (χ0v) is 17.7. The predicted octanol–water partition coefficient (Wildman–Crippen LogP) is 3.47. The lowest BCUT2D eigenvalue weighted by molar-refractivity contribution is -0.113. The quantitative estimate of drug-likeness (QED) is 0.540. The largest absolute Gasteiger partial charge is 0.464 e. The van der Waals surface area contributed by atoms with Crippen LogP contribution in [0.25, 0.3) is 11.3 Å². The summed E-state index contributed by atoms with van der Waals surface area (Å²) in [5.41, 5.74) is 0.899. The van der Waals surface area contributed by atoms with Gasteiger partial charge in [-0.15, -0.1) is 11.3 Å². The van der Waals surface area contributed by atoms with Crippen molar-refractivity contribution in [2.24, 2.45) is 0 Å². The van der Waals surface area contributed by atoms with Gasteiger partial charge in [-0.05, 0) is 19.1 Å². The molecule has 1 aliphatic heterocycles. The molecule has 0 unspecified atom stereocenters. The molecule has 10 heteroatoms. The number of thiophene rings is 1. The summed E-state index contributed by atoms with van der Waals surface area (Å²) < 4.78 is 16.5. The van der Waals surface area contributed by atoms with E-state index in [4.69, 9.17) is 26.1 Å². The van der Waals surface area contributed by atoms with Gasteiger partial charge in [-0.1, -0.05) is 24.0 Å². The van der Waals surface area contributed by atoms with E-state index in [2.05, 4.69) is 5.32 Å². The highest BCUT2D eigenvalue weighted by atomic mass is 32.2. The zero-order valence-electron chi connectivity index (χ0n) is 15.3. The molecule has 0 aliphatic carbocycles. The number of hydrogen-bond acceptors (Lipinski definition) is 8. The Balaban J connectivity index is 1.66. The summed E-state index contributed by atoms with van der Waals surface area (Å²) in [5, 5.41) is 5.01. The van der Waals surface area contributed by atoms with E-state index < -0.39 is 5.97 Å². The molecule has 0 radical (unpaired) electrons. The summed E-state index contributed by atoms with van der Waals surface area (Å²) in [6, 6.07) is 3.50. The lowest BCUT2D eigenvalue weighted by Crippen LogP contribution is -2.39. The normalized spacial score (nSPS) is 14.0. The number of nitrogens with zero attached hydrogens (tertiary/aromatic N) is 1. The number of amides is 1. The minimum Gasteiger partial charge on any atom is -0.464 e. The van der Waals surface area contributed by atoms with Gasteiger partial charge >= 0.3 is 5.97 Å². The van der Waals surface area contributed by atoms with Crippen LogP contribution in [0, 0.1) is 0 Å². The molecule has 1 aliphatic rings. The summed E-state index contributed by atoms with van der Waals surface area (Å²) in [7, 11) is 0. The Labute approximate surface area is 176 Å². The third-order valence-electron chi connectivity index (χ3n) is 3.91. The van der Waals surface area contributed by atoms with E-state index in [0.717, 1.165) is 13.1 Å². The number of carbonyl (C=O) groups is 2. The Morgan fingerprint density at radius 2 is 2.18 bits per heavy atom. The van der Waals surface area contributed by atoms with E-state index in [9.17, 15) is 9.59 Å². The molecule has 150 valence electrons. The summed E-state index contributed by atoms with van der Waals surface area (Å²) in [6.45, 7) is 4.72. The number of ether oxygens (including phenoxy) is 2. The number of carbonyl (C=O) groups excluding carboxylic acids is 2. The Kier molecular flexibility index (Phi) is 7.49. The molecule has 2 aromatic heterocycles. The molecule has 1 fully saturated rings. The minimum atomic E-state index is -0.498. The van der Waals surface area contributed by atoms with Crippen molar-refractivity contribution in [3.63, 3.8) is 0 Å². The molecule has 3 heterocycles. The molecule has 7 nitrogen and oxygen atoms in total. The van der Waals surface area contributed by atoms with Crippen LogP contribution in [0.4, 0.5) is 5.00 Å². The molecular weight excluding hydrogens is 420 g/mol. The lowest BCUT2D eigenvalue weighted by Gasteiger charge is -2.28. The topological polar surface area (TPSA) is 81.0 Å². The molecule has 0 aromatic carbocycles. The summed E-state index contributed by atoms with van der Waals surface area (Å²) in [4.78, 5) is 26.9. The summed E-state index contributed by atoms with van der Waals surface area (Å²) in [5.74, 6) is -0.0319. The van der Waals surface area contributed by atoms with E-state index >= 15 is 0 Å². The Morgan fingerprint density at radius 1 is 1.39 bits per heavy atom. The monoisotopic (exact) mass is 440 g/mol. The van der Waals surface area contributed by atoms with Crippen molar-refractivity contribution in [3.8, 4) is 11.3 Å². The van der Waals surface area contributed by atoms with Crippen LogP contribution in [0.3, 0.4) is 0 Å². The molecule has 1 N–H and O–H groups in total. The number of hydrogen-bond donors (Lipinski definition) is 1. The first-order valence-corrected chi connectivity index (χ1v) is 11.0. The maximum absolute atomic E-state index is 12.4. The number of rotatable bonds is 6. The Hall–Kier alpha value is -1.88. The zero-order chi connectivity index (χ0) is 19.9. The van der Waals surface area contributed by atoms with Crippen molar-refractivity contribution in [2.75, 3.05) is 44.0 Å². The number of furan rings is 1. The van der Waals surface area contributed by atoms with Crippen molar-refractivity contribution in [3.05, 3.63) is 29.3 Å². The number of thioether (sulfide) groups is 1. The molecule has 0 spiro atoms. The standard InChI is InChI=1S/C18H20N2O5S3/c1-2-24-17(22)15-12(13-4-3-7-25-13)10-27-16(15)19-14(21)11-28-18(26)20-5-8-23-9-6-20/h3-4,7,10H,2,5-6,8-9,11H2,1H3,(H,19,21). The van der Waals surface area contributed by atoms with Gasteiger partial charge in [-0.2, -0.15) is 0 Å². The SMILES string of the molecule is CCOC(=O)c1c(-c2ccco2)csc1NC(=O)CSC(=S)N1CCOCC1. The van der Waals surface area contributed by atoms with Crippen molar-refractivity contribution in [2.45, 2.75) is 6.92 Å². The van der Waals surface area contributed by atoms with Crippen LogP contribution in [-0.2, 0) is 14.3 Å². The van der Waals surface area contributed by atoms with Crippen molar-refractivity contribution >= 4 is 56.5 Å². The first kappa shape index (κ1) is 20.8. The molecule has 1 saturated heterocycles. The van der Waals surface area contributed by atoms with E-state index in [0.29, 0.717) is 39.4 Å². The lowest BCUT2D eigenvalue weighted by atomic mass is 10.1. The average molecular weight is 441 g/mol. The second kappa shape index (κ2) is 10.1. The number of anilines is 1. The van der Waals surface area contributed by atoms with Gasteiger partial charge in [-0.3, -0.25) is 4.79 Å². The van der Waals surface area contributed by atoms with E-state index in [1.165, 1.54) is 29.4 Å². The van der Waals surface area contributed by atoms with Crippen molar-refractivity contribution in [1.82, 2.24) is 4.90 Å². The smallest absolute Gasteiger partial charge is 0.341 e. The molecule has 3 rings (SSSR count). The molecule has 2 aromatic rings. The van der Waals surface area contributed by atoms with Crippen LogP contribution >= 0.6 is 35.3 Å². The maximum Gasteiger partial charge on any atom is 0.341 e. The molecule has 0 saturated carbocycles. The third-order valence-corrected chi connectivity index (χ3v) is 6.33. The number of esters is 1. The van der Waals surface area contributed by atoms with Crippen LogP contribution in [0.5, 0.6) is 0 Å². The van der Waals surface area contributed by atoms with E-state index in [1.54, 1.807) is 24.4 Å². The summed E-state index contributed by atoms with van der Waals surface area (Å²) in [6.07, 6.45) is 1.53. The van der Waals surface area contributed by atoms with Crippen molar-refractivity contribution < 1.29 is 23.5 Å². The first-order chi connectivity index (χ1) is 13.6. The maximum atomic E-state index is 12.4. The molecular formula is C18H20N2O5S3. The van der Waals surface area contributed by atoms with Crippen LogP contribution in [0.1, 0.15) is 17.3 Å². The van der Waals surface area contributed by atoms with Crippen LogP contribution in [-0.4, -0.2) is 59.8 Å². The molecule has 0 atom stereocenters. The molecule has 0 bridgehead atoms. The fourth-order valence-corrected chi connectivity index (χ4v) is 4.60. The minimum absolute atomic E-state index is 0.159. The summed E-state index contributed by atoms with van der Waals surface area (Å²) >= 11 is 7.94. The van der Waals surface area contributed by atoms with Crippen molar-refractivity contribution in [1.29, 1.82) is 0 Å². The average Bonchev–Trinajstić information content (AvgIpc) is 3.36. The predicted molar refractivity (Wildman–Crippen MR) is 114 cm³/mol. The second-order valence-corrected chi connectivity index (χ2v) is 8.24. The van der Waals surface area contributed by atoms with Gasteiger partial charge in [0.1, 0.15) is 20.6 Å². The Bertz CT molecular complexity index is 828. The van der Waals surface area contributed by atoms with Crippen LogP contribution < -0.4 is 5.32 Å². The van der Waals surface area contributed by atoms with Gasteiger partial charge < -0.3 is 24.1 Å². The van der Waals surface area contributed by atoms with Gasteiger partial charge in [0, 0.05) is 24.0 Å². The highest BCUT2D eigenvalue weighted by Gasteiger charge is 2.24. The van der Waals surface area contributed by atoms with E-state index in [1.807, 2.05) is 4.90 Å². The highest BCUT2D eigenvalue weighted by molar-refractivity contribution is 8.23. The molecule has 1 amide bonds. The fourth-order valence-electron chi connectivity index (χ4n) is 2.60. The highest BCUT2D eigenvalue weighted by Crippen LogP contribution is 2.36. The first-order valence-electron chi connectivity index (χ1n) is 8.72. The van der Waals surface area contributed by atoms with E-state index in [-0.39, 0.29) is 18.3 Å². The Morgan fingerprint density at radius 3 is 2.86 bits per heavy atom. The third kappa shape index (κ3) is 5.13.